The van der Waals surface area contributed by atoms with Gasteiger partial charge in [0.05, 0.1) is 6.04 Å². The Bertz CT molecular complexity index is 588. The average Bonchev–Trinajstić information content (AvgIpc) is 3.19. The van der Waals surface area contributed by atoms with Crippen LogP contribution in [0.4, 0.5) is 4.39 Å². The second-order valence-electron chi connectivity index (χ2n) is 5.49. The van der Waals surface area contributed by atoms with Crippen molar-refractivity contribution in [3.63, 3.8) is 0 Å². The maximum atomic E-state index is 13.1. The molecular weight excluding hydrogens is 285 g/mol. The maximum Gasteiger partial charge on any atom is 0.223 e. The summed E-state index contributed by atoms with van der Waals surface area (Å²) in [6.07, 6.45) is 4.23. The van der Waals surface area contributed by atoms with Crippen LogP contribution >= 0.6 is 11.3 Å². The SMILES string of the molecule is O=C(N[C@H](c1ccc(F)cc1)c1cccs1)C1CCCC1. The minimum atomic E-state index is -0.259. The number of carbonyl (C=O) groups is 1. The smallest absolute Gasteiger partial charge is 0.223 e. The van der Waals surface area contributed by atoms with Gasteiger partial charge in [0, 0.05) is 10.8 Å². The van der Waals surface area contributed by atoms with Crippen molar-refractivity contribution < 1.29 is 9.18 Å². The molecule has 0 saturated heterocycles. The first kappa shape index (κ1) is 14.3. The third-order valence-electron chi connectivity index (χ3n) is 4.04. The molecule has 4 heteroatoms. The zero-order valence-corrected chi connectivity index (χ0v) is 12.5. The van der Waals surface area contributed by atoms with Gasteiger partial charge < -0.3 is 5.32 Å². The largest absolute Gasteiger partial charge is 0.344 e. The minimum absolute atomic E-state index is 0.121. The molecule has 1 aromatic carbocycles. The highest BCUT2D eigenvalue weighted by molar-refractivity contribution is 7.10. The first-order chi connectivity index (χ1) is 10.2. The first-order valence-electron chi connectivity index (χ1n) is 7.33. The quantitative estimate of drug-likeness (QED) is 0.897. The molecule has 0 bridgehead atoms. The van der Waals surface area contributed by atoms with Gasteiger partial charge in [-0.25, -0.2) is 4.39 Å². The molecule has 1 aromatic heterocycles. The van der Waals surface area contributed by atoms with Crippen molar-refractivity contribution in [3.05, 3.63) is 58.0 Å². The minimum Gasteiger partial charge on any atom is -0.344 e. The summed E-state index contributed by atoms with van der Waals surface area (Å²) < 4.78 is 13.1. The number of hydrogen-bond donors (Lipinski definition) is 1. The summed E-state index contributed by atoms with van der Waals surface area (Å²) in [7, 11) is 0. The number of thiophene rings is 1. The van der Waals surface area contributed by atoms with Gasteiger partial charge in [-0.1, -0.05) is 31.0 Å². The molecule has 1 aliphatic rings. The van der Waals surface area contributed by atoms with Gasteiger partial charge in [0.1, 0.15) is 5.82 Å². The Morgan fingerprint density at radius 3 is 2.52 bits per heavy atom. The highest BCUT2D eigenvalue weighted by Crippen LogP contribution is 2.29. The summed E-state index contributed by atoms with van der Waals surface area (Å²) in [4.78, 5) is 13.5. The molecule has 2 aromatic rings. The molecule has 1 N–H and O–H groups in total. The van der Waals surface area contributed by atoms with Crippen LogP contribution in [0.1, 0.15) is 42.2 Å². The fourth-order valence-electron chi connectivity index (χ4n) is 2.88. The van der Waals surface area contributed by atoms with Crippen molar-refractivity contribution in [2.24, 2.45) is 5.92 Å². The average molecular weight is 303 g/mol. The van der Waals surface area contributed by atoms with Crippen LogP contribution in [0.3, 0.4) is 0 Å². The van der Waals surface area contributed by atoms with Crippen LogP contribution in [0.2, 0.25) is 0 Å². The molecule has 0 spiro atoms. The van der Waals surface area contributed by atoms with E-state index in [1.54, 1.807) is 23.5 Å². The van der Waals surface area contributed by atoms with Crippen molar-refractivity contribution in [1.82, 2.24) is 5.32 Å². The van der Waals surface area contributed by atoms with Gasteiger partial charge in [0.2, 0.25) is 5.91 Å². The van der Waals surface area contributed by atoms with Gasteiger partial charge in [0.15, 0.2) is 0 Å². The van der Waals surface area contributed by atoms with Crippen LogP contribution in [0.25, 0.3) is 0 Å². The third kappa shape index (κ3) is 3.32. The molecule has 1 amide bonds. The Morgan fingerprint density at radius 1 is 1.19 bits per heavy atom. The molecule has 0 unspecified atom stereocenters. The van der Waals surface area contributed by atoms with Crippen LogP contribution in [0, 0.1) is 11.7 Å². The van der Waals surface area contributed by atoms with Gasteiger partial charge in [-0.3, -0.25) is 4.79 Å². The number of carbonyl (C=O) groups excluding carboxylic acids is 1. The van der Waals surface area contributed by atoms with Crippen LogP contribution in [-0.2, 0) is 4.79 Å². The van der Waals surface area contributed by atoms with E-state index in [9.17, 15) is 9.18 Å². The summed E-state index contributed by atoms with van der Waals surface area (Å²) in [5, 5.41) is 5.14. The molecule has 1 heterocycles. The standard InChI is InChI=1S/C17H18FNOS/c18-14-9-7-12(8-10-14)16(15-6-3-11-21-15)19-17(20)13-4-1-2-5-13/h3,6-11,13,16H,1-2,4-5H2,(H,19,20)/t16-/m1/s1. The second-order valence-corrected chi connectivity index (χ2v) is 6.47. The zero-order chi connectivity index (χ0) is 14.7. The Morgan fingerprint density at radius 2 is 1.90 bits per heavy atom. The number of rotatable bonds is 4. The molecule has 1 aliphatic carbocycles. The summed E-state index contributed by atoms with van der Waals surface area (Å²) in [5.74, 6) is -0.00562. The van der Waals surface area contributed by atoms with Crippen LogP contribution in [0.5, 0.6) is 0 Å². The van der Waals surface area contributed by atoms with E-state index in [1.165, 1.54) is 12.1 Å². The van der Waals surface area contributed by atoms with Gasteiger partial charge in [-0.15, -0.1) is 11.3 Å². The topological polar surface area (TPSA) is 29.1 Å². The second kappa shape index (κ2) is 6.39. The lowest BCUT2D eigenvalue weighted by Crippen LogP contribution is -2.33. The predicted octanol–water partition coefficient (Wildman–Crippen LogP) is 4.28. The summed E-state index contributed by atoms with van der Waals surface area (Å²) >= 11 is 1.61. The number of halogens is 1. The van der Waals surface area contributed by atoms with Crippen molar-refractivity contribution in [2.75, 3.05) is 0 Å². The summed E-state index contributed by atoms with van der Waals surface area (Å²) in [6.45, 7) is 0. The Labute approximate surface area is 128 Å². The molecule has 21 heavy (non-hydrogen) atoms. The lowest BCUT2D eigenvalue weighted by atomic mass is 10.0. The van der Waals surface area contributed by atoms with Crippen molar-refractivity contribution in [2.45, 2.75) is 31.7 Å². The number of nitrogens with one attached hydrogen (secondary N) is 1. The van der Waals surface area contributed by atoms with E-state index < -0.39 is 0 Å². The highest BCUT2D eigenvalue weighted by Gasteiger charge is 2.26. The molecular formula is C17H18FNOS. The van der Waals surface area contributed by atoms with Gasteiger partial charge in [0.25, 0.3) is 0 Å². The van der Waals surface area contributed by atoms with E-state index >= 15 is 0 Å². The third-order valence-corrected chi connectivity index (χ3v) is 4.98. The zero-order valence-electron chi connectivity index (χ0n) is 11.7. The van der Waals surface area contributed by atoms with E-state index in [-0.39, 0.29) is 23.7 Å². The van der Waals surface area contributed by atoms with Crippen LogP contribution in [-0.4, -0.2) is 5.91 Å². The number of hydrogen-bond acceptors (Lipinski definition) is 2. The van der Waals surface area contributed by atoms with Crippen molar-refractivity contribution in [1.29, 1.82) is 0 Å². The van der Waals surface area contributed by atoms with Gasteiger partial charge >= 0.3 is 0 Å². The molecule has 3 rings (SSSR count). The fraction of sp³-hybridized carbons (Fsp3) is 0.353. The van der Waals surface area contributed by atoms with E-state index in [2.05, 4.69) is 5.32 Å². The molecule has 110 valence electrons. The Hall–Kier alpha value is -1.68. The molecule has 1 atom stereocenters. The van der Waals surface area contributed by atoms with Gasteiger partial charge in [-0.05, 0) is 42.0 Å². The van der Waals surface area contributed by atoms with Crippen LogP contribution < -0.4 is 5.32 Å². The summed E-state index contributed by atoms with van der Waals surface area (Å²) in [6, 6.07) is 10.2. The highest BCUT2D eigenvalue weighted by atomic mass is 32.1. The lowest BCUT2D eigenvalue weighted by molar-refractivity contribution is -0.125. The monoisotopic (exact) mass is 303 g/mol. The Balaban J connectivity index is 1.82. The molecule has 0 aliphatic heterocycles. The van der Waals surface area contributed by atoms with Crippen molar-refractivity contribution >= 4 is 17.2 Å². The van der Waals surface area contributed by atoms with E-state index in [1.807, 2.05) is 17.5 Å². The van der Waals surface area contributed by atoms with Gasteiger partial charge in [-0.2, -0.15) is 0 Å². The lowest BCUT2D eigenvalue weighted by Gasteiger charge is -2.20. The van der Waals surface area contributed by atoms with E-state index in [4.69, 9.17) is 0 Å². The van der Waals surface area contributed by atoms with Crippen molar-refractivity contribution in [3.8, 4) is 0 Å². The maximum absolute atomic E-state index is 13.1. The molecule has 1 fully saturated rings. The first-order valence-corrected chi connectivity index (χ1v) is 8.21. The molecule has 1 saturated carbocycles. The Kier molecular flexibility index (Phi) is 4.34. The normalized spacial score (nSPS) is 16.8. The number of benzene rings is 1. The predicted molar refractivity (Wildman–Crippen MR) is 82.7 cm³/mol. The van der Waals surface area contributed by atoms with E-state index in [0.717, 1.165) is 36.1 Å². The molecule has 0 radical (unpaired) electrons. The molecule has 2 nitrogen and oxygen atoms in total. The summed E-state index contributed by atoms with van der Waals surface area (Å²) in [5.41, 5.74) is 0.921. The van der Waals surface area contributed by atoms with E-state index in [0.29, 0.717) is 0 Å². The number of amides is 1. The van der Waals surface area contributed by atoms with Crippen LogP contribution in [0.15, 0.2) is 41.8 Å². The fourth-order valence-corrected chi connectivity index (χ4v) is 3.68.